The molecule has 0 radical (unpaired) electrons. The molecule has 0 fully saturated rings. The molecule has 0 atom stereocenters. The molecule has 0 aliphatic rings. The van der Waals surface area contributed by atoms with Crippen molar-refractivity contribution >= 4 is 45.0 Å². The molecule has 0 unspecified atom stereocenters. The van der Waals surface area contributed by atoms with E-state index in [0.717, 1.165) is 6.33 Å². The number of hydrogen-bond acceptors (Lipinski definition) is 5. The number of anilines is 2. The maximum absolute atomic E-state index is 11.9. The number of benzene rings is 1. The summed E-state index contributed by atoms with van der Waals surface area (Å²) in [6.45, 7) is 0. The van der Waals surface area contributed by atoms with Crippen LogP contribution in [0, 0.1) is 0 Å². The maximum Gasteiger partial charge on any atom is 0.344 e. The Morgan fingerprint density at radius 2 is 1.89 bits per heavy atom. The van der Waals surface area contributed by atoms with E-state index in [2.05, 4.69) is 14.8 Å². The van der Waals surface area contributed by atoms with Gasteiger partial charge in [-0.05, 0) is 12.1 Å². The summed E-state index contributed by atoms with van der Waals surface area (Å²) in [6.07, 6.45) is 0.961. The summed E-state index contributed by atoms with van der Waals surface area (Å²) in [7, 11) is -3.99. The van der Waals surface area contributed by atoms with Crippen LogP contribution in [0.25, 0.3) is 0 Å². The fourth-order valence-corrected chi connectivity index (χ4v) is 2.69. The minimum Gasteiger partial charge on any atom is -0.366 e. The first-order valence-corrected chi connectivity index (χ1v) is 6.74. The van der Waals surface area contributed by atoms with Gasteiger partial charge in [-0.3, -0.25) is 4.72 Å². The number of nitrogens with one attached hydrogen (secondary N) is 1. The number of rotatable bonds is 3. The Balaban J connectivity index is 2.40. The number of nitrogens with zero attached hydrogens (tertiary/aromatic N) is 3. The molecular formula is C8H7Cl2N5O2S. The van der Waals surface area contributed by atoms with Gasteiger partial charge in [-0.15, -0.1) is 9.19 Å². The summed E-state index contributed by atoms with van der Waals surface area (Å²) in [5.41, 5.74) is 5.31. The third kappa shape index (κ3) is 2.50. The van der Waals surface area contributed by atoms with Crippen molar-refractivity contribution in [2.24, 2.45) is 0 Å². The average Bonchev–Trinajstić information content (AvgIpc) is 2.71. The Hall–Kier alpha value is -1.51. The minimum absolute atomic E-state index is 0.0647. The van der Waals surface area contributed by atoms with Gasteiger partial charge < -0.3 is 5.73 Å². The van der Waals surface area contributed by atoms with Gasteiger partial charge >= 0.3 is 10.2 Å². The number of aromatic nitrogens is 3. The van der Waals surface area contributed by atoms with E-state index in [1.54, 1.807) is 6.07 Å². The monoisotopic (exact) mass is 307 g/mol. The lowest BCUT2D eigenvalue weighted by Gasteiger charge is -2.10. The van der Waals surface area contributed by atoms with Crippen LogP contribution in [0.1, 0.15) is 0 Å². The second kappa shape index (κ2) is 4.63. The van der Waals surface area contributed by atoms with E-state index in [-0.39, 0.29) is 21.7 Å². The fraction of sp³-hybridized carbons (Fsp3) is 0. The Bertz CT molecular complexity index is 664. The maximum atomic E-state index is 11.9. The minimum atomic E-state index is -3.99. The summed E-state index contributed by atoms with van der Waals surface area (Å²) >= 11 is 11.7. The standard InChI is InChI=1S/C8H7Cl2N5O2S/c9-5-2-1-3-6(10)7(5)14-18(16,17)15-4-12-8(11)13-15/h1-4,14H,(H2,11,13). The lowest BCUT2D eigenvalue weighted by atomic mass is 10.3. The smallest absolute Gasteiger partial charge is 0.344 e. The van der Waals surface area contributed by atoms with Crippen LogP contribution >= 0.6 is 23.2 Å². The topological polar surface area (TPSA) is 103 Å². The zero-order valence-corrected chi connectivity index (χ0v) is 11.0. The van der Waals surface area contributed by atoms with Crippen molar-refractivity contribution in [1.82, 2.24) is 14.2 Å². The summed E-state index contributed by atoms with van der Waals surface area (Å²) in [4.78, 5) is 3.51. The summed E-state index contributed by atoms with van der Waals surface area (Å²) < 4.78 is 26.6. The number of nitrogen functional groups attached to an aromatic ring is 1. The summed E-state index contributed by atoms with van der Waals surface area (Å²) in [5, 5.41) is 3.82. The van der Waals surface area contributed by atoms with Crippen molar-refractivity contribution in [2.75, 3.05) is 10.5 Å². The Labute approximate surface area is 113 Å². The molecule has 3 N–H and O–H groups in total. The van der Waals surface area contributed by atoms with E-state index in [9.17, 15) is 8.42 Å². The molecule has 96 valence electrons. The molecule has 0 amide bonds. The first kappa shape index (κ1) is 12.9. The van der Waals surface area contributed by atoms with Gasteiger partial charge in [-0.25, -0.2) is 0 Å². The Morgan fingerprint density at radius 1 is 1.28 bits per heavy atom. The molecule has 18 heavy (non-hydrogen) atoms. The van der Waals surface area contributed by atoms with Crippen LogP contribution in [0.3, 0.4) is 0 Å². The zero-order chi connectivity index (χ0) is 13.3. The molecule has 0 saturated carbocycles. The van der Waals surface area contributed by atoms with Crippen LogP contribution in [0.5, 0.6) is 0 Å². The molecule has 1 aromatic carbocycles. The Morgan fingerprint density at radius 3 is 2.39 bits per heavy atom. The normalized spacial score (nSPS) is 11.4. The van der Waals surface area contributed by atoms with Gasteiger partial charge in [0.15, 0.2) is 0 Å². The molecule has 0 spiro atoms. The van der Waals surface area contributed by atoms with E-state index in [1.807, 2.05) is 0 Å². The van der Waals surface area contributed by atoms with E-state index in [0.29, 0.717) is 4.09 Å². The number of nitrogens with two attached hydrogens (primary N) is 1. The van der Waals surface area contributed by atoms with Crippen molar-refractivity contribution in [1.29, 1.82) is 0 Å². The quantitative estimate of drug-likeness (QED) is 0.891. The van der Waals surface area contributed by atoms with Crippen molar-refractivity contribution in [2.45, 2.75) is 0 Å². The van der Waals surface area contributed by atoms with Crippen LogP contribution < -0.4 is 10.5 Å². The van der Waals surface area contributed by atoms with Gasteiger partial charge in [0.05, 0.1) is 15.7 Å². The third-order valence-corrected chi connectivity index (χ3v) is 3.69. The number of para-hydroxylation sites is 1. The van der Waals surface area contributed by atoms with Crippen molar-refractivity contribution in [3.8, 4) is 0 Å². The fourth-order valence-electron chi connectivity index (χ4n) is 1.15. The molecule has 0 aliphatic carbocycles. The summed E-state index contributed by atoms with van der Waals surface area (Å²) in [6, 6.07) is 4.60. The lowest BCUT2D eigenvalue weighted by Crippen LogP contribution is -2.22. The van der Waals surface area contributed by atoms with E-state index in [1.165, 1.54) is 12.1 Å². The van der Waals surface area contributed by atoms with Gasteiger partial charge in [-0.2, -0.15) is 13.4 Å². The molecule has 0 bridgehead atoms. The van der Waals surface area contributed by atoms with Crippen LogP contribution in [0.4, 0.5) is 11.6 Å². The predicted molar refractivity (Wildman–Crippen MR) is 68.8 cm³/mol. The van der Waals surface area contributed by atoms with Gasteiger partial charge in [0.1, 0.15) is 6.33 Å². The average molecular weight is 308 g/mol. The number of halogens is 2. The van der Waals surface area contributed by atoms with E-state index >= 15 is 0 Å². The molecule has 0 saturated heterocycles. The molecule has 2 aromatic rings. The van der Waals surface area contributed by atoms with Crippen molar-refractivity contribution < 1.29 is 8.42 Å². The van der Waals surface area contributed by atoms with Crippen LogP contribution in [-0.4, -0.2) is 22.6 Å². The van der Waals surface area contributed by atoms with Crippen molar-refractivity contribution in [3.63, 3.8) is 0 Å². The third-order valence-electron chi connectivity index (χ3n) is 1.93. The highest BCUT2D eigenvalue weighted by atomic mass is 35.5. The predicted octanol–water partition coefficient (Wildman–Crippen LogP) is 1.37. The van der Waals surface area contributed by atoms with E-state index in [4.69, 9.17) is 28.9 Å². The molecule has 1 aromatic heterocycles. The van der Waals surface area contributed by atoms with Crippen LogP contribution in [0.15, 0.2) is 24.5 Å². The highest BCUT2D eigenvalue weighted by molar-refractivity contribution is 7.91. The largest absolute Gasteiger partial charge is 0.366 e. The zero-order valence-electron chi connectivity index (χ0n) is 8.71. The first-order chi connectivity index (χ1) is 8.40. The van der Waals surface area contributed by atoms with Crippen molar-refractivity contribution in [3.05, 3.63) is 34.6 Å². The van der Waals surface area contributed by atoms with Crippen LogP contribution in [0.2, 0.25) is 10.0 Å². The molecule has 2 rings (SSSR count). The highest BCUT2D eigenvalue weighted by Gasteiger charge is 2.18. The Kier molecular flexibility index (Phi) is 3.33. The molecule has 0 aliphatic heterocycles. The summed E-state index contributed by atoms with van der Waals surface area (Å²) in [5.74, 6) is -0.161. The van der Waals surface area contributed by atoms with E-state index < -0.39 is 10.2 Å². The second-order valence-electron chi connectivity index (χ2n) is 3.18. The number of hydrogen-bond donors (Lipinski definition) is 2. The molecular weight excluding hydrogens is 301 g/mol. The van der Waals surface area contributed by atoms with Gasteiger partial charge in [0.2, 0.25) is 5.95 Å². The van der Waals surface area contributed by atoms with Gasteiger partial charge in [0.25, 0.3) is 0 Å². The molecule has 10 heteroatoms. The van der Waals surface area contributed by atoms with Crippen LogP contribution in [-0.2, 0) is 10.2 Å². The highest BCUT2D eigenvalue weighted by Crippen LogP contribution is 2.30. The SMILES string of the molecule is Nc1ncn(S(=O)(=O)Nc2c(Cl)cccc2Cl)n1. The lowest BCUT2D eigenvalue weighted by molar-refractivity contribution is 0.585. The molecule has 1 heterocycles. The van der Waals surface area contributed by atoms with Gasteiger partial charge in [0, 0.05) is 0 Å². The first-order valence-electron chi connectivity index (χ1n) is 4.54. The second-order valence-corrected chi connectivity index (χ2v) is 5.52. The van der Waals surface area contributed by atoms with Gasteiger partial charge in [-0.1, -0.05) is 29.3 Å². The molecule has 7 nitrogen and oxygen atoms in total.